The molecule has 0 bridgehead atoms. The summed E-state index contributed by atoms with van der Waals surface area (Å²) in [7, 11) is 1.61. The number of carbonyl (C=O) groups is 2. The molecule has 2 aliphatic rings. The Balaban J connectivity index is 1.70. The highest BCUT2D eigenvalue weighted by atomic mass is 16.5. The minimum absolute atomic E-state index is 0.00223. The van der Waals surface area contributed by atoms with Gasteiger partial charge in [-0.2, -0.15) is 0 Å². The lowest BCUT2D eigenvalue weighted by atomic mass is 9.76. The first-order valence-corrected chi connectivity index (χ1v) is 11.3. The Bertz CT molecular complexity index is 1180. The summed E-state index contributed by atoms with van der Waals surface area (Å²) in [5.41, 5.74) is 4.33. The molecule has 6 nitrogen and oxygen atoms in total. The van der Waals surface area contributed by atoms with E-state index in [1.165, 1.54) is 5.56 Å². The van der Waals surface area contributed by atoms with Crippen LogP contribution in [-0.4, -0.2) is 59.9 Å². The number of para-hydroxylation sites is 1. The molecule has 0 aliphatic carbocycles. The van der Waals surface area contributed by atoms with Gasteiger partial charge in [0, 0.05) is 37.0 Å². The van der Waals surface area contributed by atoms with Gasteiger partial charge in [-0.3, -0.25) is 9.59 Å². The third kappa shape index (κ3) is 2.97. The van der Waals surface area contributed by atoms with Crippen LogP contribution in [0.4, 0.5) is 0 Å². The van der Waals surface area contributed by atoms with Crippen LogP contribution >= 0.6 is 0 Å². The fourth-order valence-corrected chi connectivity index (χ4v) is 5.34. The molecule has 3 aromatic rings. The Morgan fingerprint density at radius 1 is 1.12 bits per heavy atom. The van der Waals surface area contributed by atoms with Crippen molar-refractivity contribution in [2.24, 2.45) is 0 Å². The van der Waals surface area contributed by atoms with Gasteiger partial charge >= 0.3 is 0 Å². The summed E-state index contributed by atoms with van der Waals surface area (Å²) >= 11 is 0. The molecule has 5 rings (SSSR count). The first kappa shape index (κ1) is 20.8. The van der Waals surface area contributed by atoms with Gasteiger partial charge in [-0.15, -0.1) is 0 Å². The lowest BCUT2D eigenvalue weighted by molar-refractivity contribution is -0.166. The predicted octanol–water partition coefficient (Wildman–Crippen LogP) is 3.41. The molecule has 1 aromatic heterocycles. The highest BCUT2D eigenvalue weighted by Gasteiger charge is 2.56. The quantitative estimate of drug-likeness (QED) is 0.673. The van der Waals surface area contributed by atoms with Crippen molar-refractivity contribution >= 4 is 22.7 Å². The van der Waals surface area contributed by atoms with Gasteiger partial charge < -0.3 is 19.5 Å². The highest BCUT2D eigenvalue weighted by molar-refractivity contribution is 6.01. The lowest BCUT2D eigenvalue weighted by Crippen LogP contribution is -2.67. The number of ether oxygens (including phenoxy) is 1. The van der Waals surface area contributed by atoms with Gasteiger partial charge in [0.05, 0.1) is 18.8 Å². The van der Waals surface area contributed by atoms with E-state index >= 15 is 0 Å². The summed E-state index contributed by atoms with van der Waals surface area (Å²) in [5, 5.41) is 1.11. The fraction of sp³-hybridized carbons (Fsp3) is 0.385. The zero-order valence-electron chi connectivity index (χ0n) is 18.9. The maximum Gasteiger partial charge on any atom is 0.255 e. The van der Waals surface area contributed by atoms with Crippen LogP contribution in [0, 0.1) is 0 Å². The molecule has 2 aliphatic heterocycles. The lowest BCUT2D eigenvalue weighted by Gasteiger charge is -2.51. The number of nitrogens with one attached hydrogen (secondary N) is 1. The highest BCUT2D eigenvalue weighted by Crippen LogP contribution is 2.48. The van der Waals surface area contributed by atoms with Crippen molar-refractivity contribution in [3.8, 4) is 0 Å². The SMILES string of the molecule is CCc1ccc([C@@H]2CN3C(=O)CN(CCOC)C(=O)[C@]3(C)c3[nH]c4ccccc4c32)cc1. The molecule has 0 unspecified atom stereocenters. The molecular formula is C26H29N3O3. The van der Waals surface area contributed by atoms with Gasteiger partial charge in [-0.25, -0.2) is 0 Å². The van der Waals surface area contributed by atoms with Gasteiger partial charge in [-0.1, -0.05) is 49.4 Å². The molecule has 1 fully saturated rings. The number of aromatic amines is 1. The van der Waals surface area contributed by atoms with Crippen LogP contribution in [-0.2, 0) is 26.3 Å². The Hall–Kier alpha value is -3.12. The number of fused-ring (bicyclic) bond motifs is 5. The van der Waals surface area contributed by atoms with Gasteiger partial charge in [0.2, 0.25) is 5.91 Å². The summed E-state index contributed by atoms with van der Waals surface area (Å²) in [6.07, 6.45) is 0.984. The normalized spacial score (nSPS) is 22.9. The Morgan fingerprint density at radius 2 is 1.88 bits per heavy atom. The molecule has 1 saturated heterocycles. The minimum Gasteiger partial charge on any atom is -0.383 e. The molecule has 0 radical (unpaired) electrons. The van der Waals surface area contributed by atoms with Crippen LogP contribution < -0.4 is 0 Å². The second-order valence-corrected chi connectivity index (χ2v) is 8.90. The third-order valence-electron chi connectivity index (χ3n) is 7.17. The molecule has 2 amide bonds. The first-order chi connectivity index (χ1) is 15.5. The van der Waals surface area contributed by atoms with E-state index in [0.717, 1.165) is 34.1 Å². The van der Waals surface area contributed by atoms with E-state index in [9.17, 15) is 9.59 Å². The summed E-state index contributed by atoms with van der Waals surface area (Å²) in [6.45, 7) is 5.42. The molecule has 6 heteroatoms. The summed E-state index contributed by atoms with van der Waals surface area (Å²) in [6, 6.07) is 16.8. The number of hydrogen-bond acceptors (Lipinski definition) is 3. The van der Waals surface area contributed by atoms with E-state index in [2.05, 4.69) is 42.2 Å². The van der Waals surface area contributed by atoms with Crippen LogP contribution in [0.25, 0.3) is 10.9 Å². The number of carbonyl (C=O) groups excluding carboxylic acids is 2. The van der Waals surface area contributed by atoms with E-state index in [0.29, 0.717) is 19.7 Å². The predicted molar refractivity (Wildman–Crippen MR) is 123 cm³/mol. The van der Waals surface area contributed by atoms with Crippen molar-refractivity contribution in [1.82, 2.24) is 14.8 Å². The average molecular weight is 432 g/mol. The van der Waals surface area contributed by atoms with Crippen molar-refractivity contribution in [3.63, 3.8) is 0 Å². The Labute approximate surface area is 188 Å². The van der Waals surface area contributed by atoms with Crippen LogP contribution in [0.5, 0.6) is 0 Å². The molecule has 0 spiro atoms. The standard InChI is InChI=1S/C26H29N3O3/c1-4-17-9-11-18(12-10-17)20-15-29-22(30)16-28(13-14-32-3)25(31)26(29,2)24-23(20)19-7-5-6-8-21(19)27-24/h5-12,20,27H,4,13-16H2,1-3H3/t20-,26-/m0/s1. The van der Waals surface area contributed by atoms with Gasteiger partial charge in [0.15, 0.2) is 5.54 Å². The number of benzene rings is 2. The van der Waals surface area contributed by atoms with Crippen molar-refractivity contribution in [3.05, 3.63) is 70.9 Å². The summed E-state index contributed by atoms with van der Waals surface area (Å²) in [5.74, 6) is -0.0770. The van der Waals surface area contributed by atoms with Gasteiger partial charge in [0.25, 0.3) is 5.91 Å². The van der Waals surface area contributed by atoms with E-state index in [-0.39, 0.29) is 24.3 Å². The molecule has 2 aromatic carbocycles. The summed E-state index contributed by atoms with van der Waals surface area (Å²) in [4.78, 5) is 34.0. The first-order valence-electron chi connectivity index (χ1n) is 11.3. The molecule has 1 N–H and O–H groups in total. The smallest absolute Gasteiger partial charge is 0.255 e. The van der Waals surface area contributed by atoms with Crippen LogP contribution in [0.2, 0.25) is 0 Å². The molecule has 2 atom stereocenters. The third-order valence-corrected chi connectivity index (χ3v) is 7.17. The average Bonchev–Trinajstić information content (AvgIpc) is 3.21. The Kier molecular flexibility index (Phi) is 5.05. The van der Waals surface area contributed by atoms with Gasteiger partial charge in [0.1, 0.15) is 0 Å². The topological polar surface area (TPSA) is 65.6 Å². The van der Waals surface area contributed by atoms with E-state index < -0.39 is 5.54 Å². The number of rotatable bonds is 5. The second kappa shape index (κ2) is 7.78. The number of methoxy groups -OCH3 is 1. The van der Waals surface area contributed by atoms with E-state index in [4.69, 9.17) is 4.74 Å². The zero-order valence-corrected chi connectivity index (χ0v) is 18.9. The largest absolute Gasteiger partial charge is 0.383 e. The molecule has 0 saturated carbocycles. The fourth-order valence-electron chi connectivity index (χ4n) is 5.34. The number of H-pyrrole nitrogens is 1. The number of aromatic nitrogens is 1. The monoisotopic (exact) mass is 431 g/mol. The number of hydrogen-bond donors (Lipinski definition) is 1. The van der Waals surface area contributed by atoms with Crippen LogP contribution in [0.15, 0.2) is 48.5 Å². The molecular weight excluding hydrogens is 402 g/mol. The summed E-state index contributed by atoms with van der Waals surface area (Å²) < 4.78 is 5.18. The van der Waals surface area contributed by atoms with Crippen molar-refractivity contribution in [2.75, 3.05) is 33.4 Å². The molecule has 3 heterocycles. The molecule has 32 heavy (non-hydrogen) atoms. The maximum atomic E-state index is 13.8. The van der Waals surface area contributed by atoms with Crippen molar-refractivity contribution < 1.29 is 14.3 Å². The number of aryl methyl sites for hydroxylation is 1. The van der Waals surface area contributed by atoms with Crippen LogP contribution in [0.3, 0.4) is 0 Å². The van der Waals surface area contributed by atoms with Crippen LogP contribution in [0.1, 0.15) is 42.1 Å². The minimum atomic E-state index is -1.06. The van der Waals surface area contributed by atoms with Crippen molar-refractivity contribution in [2.45, 2.75) is 31.7 Å². The van der Waals surface area contributed by atoms with Gasteiger partial charge in [-0.05, 0) is 36.1 Å². The van der Waals surface area contributed by atoms with E-state index in [1.54, 1.807) is 16.9 Å². The van der Waals surface area contributed by atoms with Crippen molar-refractivity contribution in [1.29, 1.82) is 0 Å². The maximum absolute atomic E-state index is 13.8. The number of amides is 2. The number of piperazine rings is 1. The Morgan fingerprint density at radius 3 is 2.59 bits per heavy atom. The second-order valence-electron chi connectivity index (χ2n) is 8.90. The number of nitrogens with zero attached hydrogens (tertiary/aromatic N) is 2. The zero-order chi connectivity index (χ0) is 22.5. The molecule has 166 valence electrons. The van der Waals surface area contributed by atoms with E-state index in [1.807, 2.05) is 25.1 Å².